The minimum absolute atomic E-state index is 0.00813. The normalized spacial score (nSPS) is 19.2. The summed E-state index contributed by atoms with van der Waals surface area (Å²) in [4.78, 5) is 25.7. The molecule has 1 saturated heterocycles. The van der Waals surface area contributed by atoms with Crippen LogP contribution in [0.5, 0.6) is 0 Å². The molecule has 2 rings (SSSR count). The van der Waals surface area contributed by atoms with Gasteiger partial charge in [0.15, 0.2) is 0 Å². The van der Waals surface area contributed by atoms with Gasteiger partial charge >= 0.3 is 0 Å². The number of rotatable bonds is 7. The number of nitrogens with one attached hydrogen (secondary N) is 1. The highest BCUT2D eigenvalue weighted by atomic mass is 16.5. The highest BCUT2D eigenvalue weighted by Crippen LogP contribution is 2.25. The molecule has 2 unspecified atom stereocenters. The van der Waals surface area contributed by atoms with Crippen molar-refractivity contribution in [2.24, 2.45) is 5.92 Å². The molecular weight excluding hydrogens is 320 g/mol. The average molecular weight is 348 g/mol. The van der Waals surface area contributed by atoms with Crippen LogP contribution in [0.3, 0.4) is 0 Å². The first-order valence-electron chi connectivity index (χ1n) is 8.97. The summed E-state index contributed by atoms with van der Waals surface area (Å²) in [5.41, 5.74) is 1.40. The van der Waals surface area contributed by atoms with Crippen LogP contribution in [0.2, 0.25) is 0 Å². The number of nitrogens with zero attached hydrogens (tertiary/aromatic N) is 1. The van der Waals surface area contributed by atoms with E-state index < -0.39 is 12.1 Å². The highest BCUT2D eigenvalue weighted by molar-refractivity contribution is 5.92. The Morgan fingerprint density at radius 3 is 2.48 bits per heavy atom. The van der Waals surface area contributed by atoms with Crippen molar-refractivity contribution in [2.75, 3.05) is 25.1 Å². The first kappa shape index (κ1) is 19.4. The Hall–Kier alpha value is -1.92. The number of benzene rings is 1. The van der Waals surface area contributed by atoms with E-state index in [2.05, 4.69) is 5.32 Å². The van der Waals surface area contributed by atoms with Gasteiger partial charge in [0, 0.05) is 18.2 Å². The standard InChI is InChI=1S/C19H28N2O4/c1-4-13(5-2)19(24)20-15-9-7-14(8-10-15)18(23)16-11-25-12-17(22)21(16)6-3/h7-10,13,16,18,23H,4-6,11-12H2,1-3H3,(H,20,24). The maximum absolute atomic E-state index is 12.1. The second-order valence-electron chi connectivity index (χ2n) is 6.33. The fraction of sp³-hybridized carbons (Fsp3) is 0.579. The molecule has 1 aliphatic heterocycles. The summed E-state index contributed by atoms with van der Waals surface area (Å²) < 4.78 is 5.29. The first-order valence-corrected chi connectivity index (χ1v) is 8.97. The van der Waals surface area contributed by atoms with Crippen molar-refractivity contribution in [3.8, 4) is 0 Å². The van der Waals surface area contributed by atoms with Crippen LogP contribution in [0.25, 0.3) is 0 Å². The molecule has 2 N–H and O–H groups in total. The number of carbonyl (C=O) groups excluding carboxylic acids is 2. The zero-order valence-electron chi connectivity index (χ0n) is 15.2. The third-order valence-corrected chi connectivity index (χ3v) is 4.82. The molecule has 0 radical (unpaired) electrons. The maximum atomic E-state index is 12.1. The summed E-state index contributed by atoms with van der Waals surface area (Å²) in [5, 5.41) is 13.5. The van der Waals surface area contributed by atoms with E-state index in [0.29, 0.717) is 24.4 Å². The Kier molecular flexibility index (Phi) is 6.96. The lowest BCUT2D eigenvalue weighted by molar-refractivity contribution is -0.153. The SMILES string of the molecule is CCC(CC)C(=O)Nc1ccc(C(O)C2COCC(=O)N2CC)cc1. The molecule has 0 aliphatic carbocycles. The molecule has 2 amide bonds. The van der Waals surface area contributed by atoms with Gasteiger partial charge in [-0.25, -0.2) is 0 Å². The van der Waals surface area contributed by atoms with E-state index in [-0.39, 0.29) is 24.3 Å². The number of hydrogen-bond donors (Lipinski definition) is 2. The van der Waals surface area contributed by atoms with Crippen LogP contribution < -0.4 is 5.32 Å². The number of aliphatic hydroxyl groups excluding tert-OH is 1. The molecule has 1 heterocycles. The second kappa shape index (κ2) is 8.97. The third-order valence-electron chi connectivity index (χ3n) is 4.82. The Morgan fingerprint density at radius 2 is 1.92 bits per heavy atom. The Balaban J connectivity index is 2.06. The Labute approximate surface area is 149 Å². The summed E-state index contributed by atoms with van der Waals surface area (Å²) in [6.45, 7) is 6.80. The molecule has 0 bridgehead atoms. The predicted molar refractivity (Wildman–Crippen MR) is 96.1 cm³/mol. The van der Waals surface area contributed by atoms with Crippen LogP contribution in [0.15, 0.2) is 24.3 Å². The van der Waals surface area contributed by atoms with Gasteiger partial charge < -0.3 is 20.1 Å². The van der Waals surface area contributed by atoms with Gasteiger partial charge in [0.05, 0.1) is 12.6 Å². The van der Waals surface area contributed by atoms with Gasteiger partial charge in [-0.15, -0.1) is 0 Å². The third kappa shape index (κ3) is 4.58. The molecule has 0 spiro atoms. The number of morpholine rings is 1. The van der Waals surface area contributed by atoms with Gasteiger partial charge in [0.25, 0.3) is 0 Å². The fourth-order valence-corrected chi connectivity index (χ4v) is 3.19. The molecular formula is C19H28N2O4. The lowest BCUT2D eigenvalue weighted by atomic mass is 9.99. The van der Waals surface area contributed by atoms with E-state index in [9.17, 15) is 14.7 Å². The molecule has 25 heavy (non-hydrogen) atoms. The molecule has 2 atom stereocenters. The first-order chi connectivity index (χ1) is 12.0. The maximum Gasteiger partial charge on any atom is 0.248 e. The zero-order valence-corrected chi connectivity index (χ0v) is 15.2. The van der Waals surface area contributed by atoms with Gasteiger partial charge in [0.2, 0.25) is 11.8 Å². The molecule has 1 aromatic carbocycles. The van der Waals surface area contributed by atoms with Crippen LogP contribution in [-0.4, -0.2) is 47.6 Å². The Bertz CT molecular complexity index is 584. The number of ether oxygens (including phenoxy) is 1. The topological polar surface area (TPSA) is 78.9 Å². The minimum Gasteiger partial charge on any atom is -0.386 e. The van der Waals surface area contributed by atoms with E-state index in [1.54, 1.807) is 29.2 Å². The van der Waals surface area contributed by atoms with E-state index in [0.717, 1.165) is 12.8 Å². The van der Waals surface area contributed by atoms with Crippen LogP contribution in [0, 0.1) is 5.92 Å². The zero-order chi connectivity index (χ0) is 18.4. The number of hydrogen-bond acceptors (Lipinski definition) is 4. The highest BCUT2D eigenvalue weighted by Gasteiger charge is 2.33. The molecule has 1 aromatic rings. The van der Waals surface area contributed by atoms with E-state index in [4.69, 9.17) is 4.74 Å². The smallest absolute Gasteiger partial charge is 0.248 e. The second-order valence-corrected chi connectivity index (χ2v) is 6.33. The van der Waals surface area contributed by atoms with Gasteiger partial charge in [-0.05, 0) is 37.5 Å². The van der Waals surface area contributed by atoms with Crippen molar-refractivity contribution in [3.05, 3.63) is 29.8 Å². The summed E-state index contributed by atoms with van der Waals surface area (Å²) in [7, 11) is 0. The van der Waals surface area contributed by atoms with E-state index in [1.807, 2.05) is 20.8 Å². The van der Waals surface area contributed by atoms with Crippen molar-refractivity contribution >= 4 is 17.5 Å². The quantitative estimate of drug-likeness (QED) is 0.793. The number of anilines is 1. The fourth-order valence-electron chi connectivity index (χ4n) is 3.19. The van der Waals surface area contributed by atoms with Gasteiger partial charge in [-0.2, -0.15) is 0 Å². The molecule has 138 valence electrons. The van der Waals surface area contributed by atoms with E-state index in [1.165, 1.54) is 0 Å². The van der Waals surface area contributed by atoms with Crippen LogP contribution >= 0.6 is 0 Å². The molecule has 6 nitrogen and oxygen atoms in total. The number of carbonyl (C=O) groups is 2. The van der Waals surface area contributed by atoms with Gasteiger partial charge in [-0.1, -0.05) is 26.0 Å². The predicted octanol–water partition coefficient (Wildman–Crippen LogP) is 2.34. The summed E-state index contributed by atoms with van der Waals surface area (Å²) in [6, 6.07) is 6.72. The van der Waals surface area contributed by atoms with Gasteiger partial charge in [-0.3, -0.25) is 9.59 Å². The molecule has 0 aromatic heterocycles. The molecule has 1 fully saturated rings. The Morgan fingerprint density at radius 1 is 1.28 bits per heavy atom. The van der Waals surface area contributed by atoms with Crippen molar-refractivity contribution < 1.29 is 19.4 Å². The van der Waals surface area contributed by atoms with Crippen LogP contribution in [0.4, 0.5) is 5.69 Å². The van der Waals surface area contributed by atoms with Crippen molar-refractivity contribution in [3.63, 3.8) is 0 Å². The number of likely N-dealkylation sites (N-methyl/N-ethyl adjacent to an activating group) is 1. The minimum atomic E-state index is -0.826. The molecule has 6 heteroatoms. The van der Waals surface area contributed by atoms with E-state index >= 15 is 0 Å². The van der Waals surface area contributed by atoms with Crippen molar-refractivity contribution in [2.45, 2.75) is 45.8 Å². The molecule has 1 aliphatic rings. The summed E-state index contributed by atoms with van der Waals surface area (Å²) in [6.07, 6.45) is 0.789. The van der Waals surface area contributed by atoms with Crippen molar-refractivity contribution in [1.82, 2.24) is 4.90 Å². The monoisotopic (exact) mass is 348 g/mol. The number of amides is 2. The average Bonchev–Trinajstić information content (AvgIpc) is 2.62. The lowest BCUT2D eigenvalue weighted by Gasteiger charge is -2.37. The summed E-state index contributed by atoms with van der Waals surface area (Å²) in [5.74, 6) is -0.0811. The lowest BCUT2D eigenvalue weighted by Crippen LogP contribution is -2.51. The van der Waals surface area contributed by atoms with Crippen molar-refractivity contribution in [1.29, 1.82) is 0 Å². The van der Waals surface area contributed by atoms with Crippen LogP contribution in [-0.2, 0) is 14.3 Å². The van der Waals surface area contributed by atoms with Crippen LogP contribution in [0.1, 0.15) is 45.3 Å². The largest absolute Gasteiger partial charge is 0.386 e. The van der Waals surface area contributed by atoms with Gasteiger partial charge in [0.1, 0.15) is 12.7 Å². The summed E-state index contributed by atoms with van der Waals surface area (Å²) >= 11 is 0. The number of aliphatic hydroxyl groups is 1. The molecule has 0 saturated carbocycles.